The van der Waals surface area contributed by atoms with Crippen molar-refractivity contribution in [3.8, 4) is 0 Å². The van der Waals surface area contributed by atoms with Gasteiger partial charge < -0.3 is 9.64 Å². The number of piperidine rings is 1. The largest absolute Gasteiger partial charge is 0.434 e. The van der Waals surface area contributed by atoms with Crippen molar-refractivity contribution in [2.45, 2.75) is 51.6 Å². The molecule has 10 heteroatoms. The van der Waals surface area contributed by atoms with Crippen LogP contribution in [-0.2, 0) is 4.74 Å². The summed E-state index contributed by atoms with van der Waals surface area (Å²) in [7, 11) is 0. The lowest BCUT2D eigenvalue weighted by Crippen LogP contribution is -2.48. The Morgan fingerprint density at radius 1 is 1.03 bits per heavy atom. The summed E-state index contributed by atoms with van der Waals surface area (Å²) in [5.74, 6) is 0. The quantitative estimate of drug-likeness (QED) is 0.517. The van der Waals surface area contributed by atoms with Crippen molar-refractivity contribution in [1.29, 1.82) is 0 Å². The fourth-order valence-electron chi connectivity index (χ4n) is 4.59. The van der Waals surface area contributed by atoms with Gasteiger partial charge in [-0.3, -0.25) is 4.90 Å². The number of carbonyl (C=O) groups excluding carboxylic acids is 1. The lowest BCUT2D eigenvalue weighted by molar-refractivity contribution is -0.308. The Morgan fingerprint density at radius 3 is 2.22 bits per heavy atom. The van der Waals surface area contributed by atoms with Crippen molar-refractivity contribution >= 4 is 6.09 Å². The van der Waals surface area contributed by atoms with E-state index < -0.39 is 24.5 Å². The summed E-state index contributed by atoms with van der Waals surface area (Å²) in [4.78, 5) is 15.3. The van der Waals surface area contributed by atoms with Crippen molar-refractivity contribution < 1.29 is 35.9 Å². The predicted octanol–water partition coefficient (Wildman–Crippen LogP) is 5.48. The number of alkyl halides is 6. The number of halogens is 6. The summed E-state index contributed by atoms with van der Waals surface area (Å²) in [6.07, 6.45) is -4.69. The minimum absolute atomic E-state index is 0.0488. The van der Waals surface area contributed by atoms with Crippen LogP contribution < -0.4 is 0 Å². The molecule has 0 aromatic heterocycles. The maximum atomic E-state index is 12.7. The molecule has 2 heterocycles. The summed E-state index contributed by atoms with van der Waals surface area (Å²) in [6, 6.07) is 0. The molecular formula is C22H28F6N2O2. The normalized spacial score (nSPS) is 23.5. The van der Waals surface area contributed by atoms with E-state index in [0.29, 0.717) is 6.42 Å². The number of likely N-dealkylation sites (tertiary alicyclic amines) is 2. The van der Waals surface area contributed by atoms with Crippen molar-refractivity contribution in [1.82, 2.24) is 9.80 Å². The summed E-state index contributed by atoms with van der Waals surface area (Å²) in [5, 5.41) is 0. The number of rotatable bonds is 3. The Hall–Kier alpha value is -1.97. The molecule has 32 heavy (non-hydrogen) atoms. The second-order valence-electron chi connectivity index (χ2n) is 9.55. The second kappa shape index (κ2) is 8.76. The molecule has 4 nitrogen and oxygen atoms in total. The third-order valence-electron chi connectivity index (χ3n) is 6.34. The van der Waals surface area contributed by atoms with E-state index in [1.165, 1.54) is 5.57 Å². The van der Waals surface area contributed by atoms with Gasteiger partial charge in [0.05, 0.1) is 0 Å². The molecule has 2 saturated heterocycles. The van der Waals surface area contributed by atoms with E-state index in [2.05, 4.69) is 41.7 Å². The zero-order chi connectivity index (χ0) is 23.8. The van der Waals surface area contributed by atoms with Crippen LogP contribution >= 0.6 is 0 Å². The molecule has 180 valence electrons. The fourth-order valence-corrected chi connectivity index (χ4v) is 4.59. The van der Waals surface area contributed by atoms with Gasteiger partial charge in [-0.2, -0.15) is 26.3 Å². The summed E-state index contributed by atoms with van der Waals surface area (Å²) in [5.41, 5.74) is 0.848. The van der Waals surface area contributed by atoms with Crippen LogP contribution in [0.4, 0.5) is 31.1 Å². The standard InChI is InChI=1S/C22H28F6N2O2/c1-19(2)6-4-3-5-16(13-19)14-29-10-7-20(8-11-29)9-12-30(15-20)18(31)32-17(21(23,24)25)22(26,27)28/h3-6,13,17H,7-12,14-15H2,1-2H3. The van der Waals surface area contributed by atoms with Crippen LogP contribution in [0.2, 0.25) is 0 Å². The van der Waals surface area contributed by atoms with Gasteiger partial charge >= 0.3 is 18.4 Å². The first kappa shape index (κ1) is 24.7. The molecule has 3 rings (SSSR count). The highest BCUT2D eigenvalue weighted by molar-refractivity contribution is 5.68. The van der Waals surface area contributed by atoms with E-state index in [9.17, 15) is 31.1 Å². The van der Waals surface area contributed by atoms with Gasteiger partial charge in [0, 0.05) is 25.0 Å². The molecule has 2 aliphatic heterocycles. The predicted molar refractivity (Wildman–Crippen MR) is 107 cm³/mol. The summed E-state index contributed by atoms with van der Waals surface area (Å²) >= 11 is 0. The van der Waals surface area contributed by atoms with Crippen LogP contribution in [-0.4, -0.2) is 67.1 Å². The average molecular weight is 466 g/mol. The van der Waals surface area contributed by atoms with Gasteiger partial charge in [0.1, 0.15) is 0 Å². The van der Waals surface area contributed by atoms with Crippen molar-refractivity contribution in [2.75, 3.05) is 32.7 Å². The maximum Gasteiger partial charge on any atom is 0.434 e. The first-order valence-corrected chi connectivity index (χ1v) is 10.6. The van der Waals surface area contributed by atoms with E-state index in [0.717, 1.165) is 37.4 Å². The average Bonchev–Trinajstić information content (AvgIpc) is 2.98. The number of ether oxygens (including phenoxy) is 1. The Kier molecular flexibility index (Phi) is 6.75. The van der Waals surface area contributed by atoms with E-state index in [4.69, 9.17) is 0 Å². The lowest BCUT2D eigenvalue weighted by atomic mass is 9.77. The molecule has 0 bridgehead atoms. The lowest BCUT2D eigenvalue weighted by Gasteiger charge is -2.39. The first-order valence-electron chi connectivity index (χ1n) is 10.6. The second-order valence-corrected chi connectivity index (χ2v) is 9.55. The maximum absolute atomic E-state index is 12.7. The topological polar surface area (TPSA) is 32.8 Å². The van der Waals surface area contributed by atoms with Crippen LogP contribution in [0.1, 0.15) is 33.1 Å². The zero-order valence-corrected chi connectivity index (χ0v) is 18.1. The number of allylic oxidation sites excluding steroid dienone is 4. The van der Waals surface area contributed by atoms with Gasteiger partial charge in [0.15, 0.2) is 0 Å². The number of hydrogen-bond donors (Lipinski definition) is 0. The van der Waals surface area contributed by atoms with Crippen molar-refractivity contribution in [3.63, 3.8) is 0 Å². The smallest absolute Gasteiger partial charge is 0.426 e. The molecule has 1 spiro atoms. The molecular weight excluding hydrogens is 438 g/mol. The molecule has 0 unspecified atom stereocenters. The monoisotopic (exact) mass is 466 g/mol. The zero-order valence-electron chi connectivity index (χ0n) is 18.1. The van der Waals surface area contributed by atoms with E-state index >= 15 is 0 Å². The van der Waals surface area contributed by atoms with Crippen LogP contribution in [0.3, 0.4) is 0 Å². The third kappa shape index (κ3) is 6.08. The molecule has 0 saturated carbocycles. The molecule has 0 N–H and O–H groups in total. The van der Waals surface area contributed by atoms with Crippen LogP contribution in [0, 0.1) is 10.8 Å². The van der Waals surface area contributed by atoms with Crippen LogP contribution in [0.25, 0.3) is 0 Å². The molecule has 1 aliphatic carbocycles. The molecule has 0 radical (unpaired) electrons. The van der Waals surface area contributed by atoms with Crippen LogP contribution in [0.5, 0.6) is 0 Å². The van der Waals surface area contributed by atoms with E-state index in [1.54, 1.807) is 0 Å². The number of hydrogen-bond acceptors (Lipinski definition) is 3. The number of carbonyl (C=O) groups is 1. The SMILES string of the molecule is CC1(C)C=CC=CC(CN2CCC3(CC2)CCN(C(=O)OC(C(F)(F)F)C(F)(F)F)C3)=C1. The molecule has 3 aliphatic rings. The highest BCUT2D eigenvalue weighted by Crippen LogP contribution is 2.42. The number of amides is 1. The van der Waals surface area contributed by atoms with Gasteiger partial charge in [-0.1, -0.05) is 44.2 Å². The van der Waals surface area contributed by atoms with Gasteiger partial charge in [0.2, 0.25) is 0 Å². The highest BCUT2D eigenvalue weighted by atomic mass is 19.4. The Balaban J connectivity index is 1.54. The Labute approximate surface area is 183 Å². The third-order valence-corrected chi connectivity index (χ3v) is 6.34. The molecule has 0 atom stereocenters. The van der Waals surface area contributed by atoms with Gasteiger partial charge in [-0.15, -0.1) is 0 Å². The minimum Gasteiger partial charge on any atom is -0.426 e. The summed E-state index contributed by atoms with van der Waals surface area (Å²) in [6.45, 7) is 6.70. The minimum atomic E-state index is -5.71. The van der Waals surface area contributed by atoms with Crippen molar-refractivity contribution in [2.24, 2.45) is 10.8 Å². The van der Waals surface area contributed by atoms with Gasteiger partial charge in [-0.25, -0.2) is 4.79 Å². The van der Waals surface area contributed by atoms with Gasteiger partial charge in [0.25, 0.3) is 6.10 Å². The molecule has 0 aromatic carbocycles. The Bertz CT molecular complexity index is 775. The molecule has 1 amide bonds. The van der Waals surface area contributed by atoms with E-state index in [-0.39, 0.29) is 23.9 Å². The fraction of sp³-hybridized carbons (Fsp3) is 0.682. The van der Waals surface area contributed by atoms with Crippen LogP contribution in [0.15, 0.2) is 36.0 Å². The van der Waals surface area contributed by atoms with Crippen molar-refractivity contribution in [3.05, 3.63) is 36.0 Å². The number of nitrogens with zero attached hydrogens (tertiary/aromatic N) is 2. The van der Waals surface area contributed by atoms with Gasteiger partial charge in [-0.05, 0) is 43.3 Å². The molecule has 2 fully saturated rings. The summed E-state index contributed by atoms with van der Waals surface area (Å²) < 4.78 is 80.0. The Morgan fingerprint density at radius 2 is 1.62 bits per heavy atom. The molecule has 0 aromatic rings. The highest BCUT2D eigenvalue weighted by Gasteiger charge is 2.60. The first-order chi connectivity index (χ1) is 14.7. The van der Waals surface area contributed by atoms with E-state index in [1.807, 2.05) is 12.2 Å².